The van der Waals surface area contributed by atoms with Crippen molar-refractivity contribution < 1.29 is 18.3 Å². The molecule has 2 aliphatic heterocycles. The van der Waals surface area contributed by atoms with Crippen molar-refractivity contribution in [2.24, 2.45) is 5.73 Å². The first-order valence-corrected chi connectivity index (χ1v) is 11.5. The molecule has 4 aromatic rings. The number of benzene rings is 1. The van der Waals surface area contributed by atoms with Crippen molar-refractivity contribution in [3.05, 3.63) is 54.1 Å². The summed E-state index contributed by atoms with van der Waals surface area (Å²) in [5, 5.41) is 4.33. The highest BCUT2D eigenvalue weighted by Gasteiger charge is 2.31. The van der Waals surface area contributed by atoms with Gasteiger partial charge in [-0.1, -0.05) is 0 Å². The number of hydrogen-bond donors (Lipinski definition) is 1. The summed E-state index contributed by atoms with van der Waals surface area (Å²) >= 11 is 0. The van der Waals surface area contributed by atoms with Gasteiger partial charge in [-0.3, -0.25) is 4.79 Å². The maximum absolute atomic E-state index is 13.9. The molecule has 2 aliphatic rings. The topological polar surface area (TPSA) is 117 Å². The minimum Gasteiger partial charge on any atom is -0.491 e. The number of amides is 1. The summed E-state index contributed by atoms with van der Waals surface area (Å²) in [5.74, 6) is 0.817. The van der Waals surface area contributed by atoms with E-state index < -0.39 is 17.7 Å². The average Bonchev–Trinajstić information content (AvgIpc) is 3.55. The van der Waals surface area contributed by atoms with E-state index in [9.17, 15) is 13.6 Å². The largest absolute Gasteiger partial charge is 0.491 e. The number of aryl methyl sites for hydroxylation is 1. The number of anilines is 1. The number of fused-ring (bicyclic) bond motifs is 3. The molecule has 0 saturated carbocycles. The zero-order valence-electron chi connectivity index (χ0n) is 19.4. The molecule has 1 saturated heterocycles. The van der Waals surface area contributed by atoms with Gasteiger partial charge in [-0.2, -0.15) is 5.10 Å². The van der Waals surface area contributed by atoms with Gasteiger partial charge >= 0.3 is 0 Å². The number of carbonyl (C=O) groups is 1. The van der Waals surface area contributed by atoms with Gasteiger partial charge in [0.25, 0.3) is 0 Å². The number of primary amides is 1. The molecule has 36 heavy (non-hydrogen) atoms. The van der Waals surface area contributed by atoms with Crippen molar-refractivity contribution in [3.63, 3.8) is 0 Å². The third-order valence-corrected chi connectivity index (χ3v) is 6.37. The van der Waals surface area contributed by atoms with Crippen molar-refractivity contribution in [1.82, 2.24) is 29.3 Å². The molecule has 0 aliphatic carbocycles. The van der Waals surface area contributed by atoms with Crippen LogP contribution in [0, 0.1) is 18.6 Å². The van der Waals surface area contributed by atoms with Gasteiger partial charge < -0.3 is 19.9 Å². The minimum atomic E-state index is -0.714. The third-order valence-electron chi connectivity index (χ3n) is 6.37. The van der Waals surface area contributed by atoms with Crippen LogP contribution in [0.25, 0.3) is 28.6 Å². The van der Waals surface area contributed by atoms with Gasteiger partial charge in [-0.25, -0.2) is 28.4 Å². The molecular formula is C24H22F2N8O2. The lowest BCUT2D eigenvalue weighted by Crippen LogP contribution is -2.40. The Bertz CT molecular complexity index is 1480. The second-order valence-corrected chi connectivity index (χ2v) is 8.81. The fourth-order valence-electron chi connectivity index (χ4n) is 4.79. The molecule has 0 unspecified atom stereocenters. The molecule has 1 fully saturated rings. The molecule has 0 radical (unpaired) electrons. The number of nitrogens with zero attached hydrogens (tertiary/aromatic N) is 7. The van der Waals surface area contributed by atoms with Gasteiger partial charge in [-0.05, 0) is 31.9 Å². The van der Waals surface area contributed by atoms with Crippen LogP contribution in [0.5, 0.6) is 5.75 Å². The number of hydrogen-bond acceptors (Lipinski definition) is 7. The monoisotopic (exact) mass is 492 g/mol. The number of imidazole rings is 1. The average molecular weight is 492 g/mol. The van der Waals surface area contributed by atoms with E-state index in [2.05, 4.69) is 15.1 Å². The Hall–Kier alpha value is -4.35. The summed E-state index contributed by atoms with van der Waals surface area (Å²) in [7, 11) is 0. The second kappa shape index (κ2) is 8.40. The minimum absolute atomic E-state index is 0.205. The highest BCUT2D eigenvalue weighted by atomic mass is 19.1. The predicted octanol–water partition coefficient (Wildman–Crippen LogP) is 2.63. The molecule has 2 N–H and O–H groups in total. The smallest absolute Gasteiger partial charge is 0.240 e. The Morgan fingerprint density at radius 1 is 1.11 bits per heavy atom. The maximum atomic E-state index is 13.9. The molecule has 5 heterocycles. The van der Waals surface area contributed by atoms with E-state index in [-0.39, 0.29) is 11.6 Å². The first-order chi connectivity index (χ1) is 17.4. The molecule has 1 atom stereocenters. The van der Waals surface area contributed by atoms with E-state index in [0.29, 0.717) is 66.4 Å². The molecule has 184 valence electrons. The Labute approximate surface area is 204 Å². The van der Waals surface area contributed by atoms with Gasteiger partial charge in [-0.15, -0.1) is 0 Å². The van der Waals surface area contributed by atoms with Gasteiger partial charge in [0, 0.05) is 31.1 Å². The summed E-state index contributed by atoms with van der Waals surface area (Å²) in [6, 6.07) is 4.60. The fraction of sp³-hybridized carbons (Fsp3) is 0.292. The van der Waals surface area contributed by atoms with Crippen molar-refractivity contribution in [2.75, 3.05) is 18.1 Å². The van der Waals surface area contributed by atoms with Crippen LogP contribution >= 0.6 is 0 Å². The van der Waals surface area contributed by atoms with Crippen molar-refractivity contribution >= 4 is 11.7 Å². The number of pyridine rings is 1. The van der Waals surface area contributed by atoms with Crippen LogP contribution in [0.4, 0.5) is 14.6 Å². The lowest BCUT2D eigenvalue weighted by molar-refractivity contribution is -0.119. The Balaban J connectivity index is 1.41. The van der Waals surface area contributed by atoms with Crippen LogP contribution < -0.4 is 15.4 Å². The van der Waals surface area contributed by atoms with Crippen LogP contribution in [0.2, 0.25) is 0 Å². The molecule has 10 nitrogen and oxygen atoms in total. The van der Waals surface area contributed by atoms with E-state index in [1.54, 1.807) is 19.3 Å². The van der Waals surface area contributed by atoms with Gasteiger partial charge in [0.1, 0.15) is 53.2 Å². The molecule has 0 spiro atoms. The summed E-state index contributed by atoms with van der Waals surface area (Å²) in [6.45, 7) is 3.29. The van der Waals surface area contributed by atoms with Crippen molar-refractivity contribution in [3.8, 4) is 34.3 Å². The normalized spacial score (nSPS) is 16.9. The Morgan fingerprint density at radius 3 is 2.69 bits per heavy atom. The lowest BCUT2D eigenvalue weighted by Gasteiger charge is -2.23. The fourth-order valence-corrected chi connectivity index (χ4v) is 4.79. The zero-order chi connectivity index (χ0) is 25.0. The molecule has 3 aromatic heterocycles. The highest BCUT2D eigenvalue weighted by Crippen LogP contribution is 2.36. The number of aromatic nitrogens is 6. The first kappa shape index (κ1) is 22.1. The van der Waals surface area contributed by atoms with E-state index >= 15 is 0 Å². The highest BCUT2D eigenvalue weighted by molar-refractivity contribution is 5.84. The van der Waals surface area contributed by atoms with E-state index in [4.69, 9.17) is 15.5 Å². The summed E-state index contributed by atoms with van der Waals surface area (Å²) in [5.41, 5.74) is 6.94. The van der Waals surface area contributed by atoms with Crippen LogP contribution in [-0.2, 0) is 11.3 Å². The van der Waals surface area contributed by atoms with E-state index in [1.807, 2.05) is 15.5 Å². The van der Waals surface area contributed by atoms with Crippen molar-refractivity contribution in [2.45, 2.75) is 32.4 Å². The first-order valence-electron chi connectivity index (χ1n) is 11.5. The Kier molecular flexibility index (Phi) is 5.16. The SMILES string of the molecule is Cc1nc(-c2cn3c(n2)-c2cnc(N4CCC[C@H]4C(N)=O)cc2OCC3)n(-c2cc(F)cc(F)c2)n1. The van der Waals surface area contributed by atoms with E-state index in [1.165, 1.54) is 16.8 Å². The number of halogens is 2. The second-order valence-electron chi connectivity index (χ2n) is 8.81. The van der Waals surface area contributed by atoms with Crippen LogP contribution in [0.15, 0.2) is 36.7 Å². The van der Waals surface area contributed by atoms with E-state index in [0.717, 1.165) is 12.5 Å². The van der Waals surface area contributed by atoms with Crippen molar-refractivity contribution in [1.29, 1.82) is 0 Å². The van der Waals surface area contributed by atoms with Gasteiger partial charge in [0.2, 0.25) is 5.91 Å². The maximum Gasteiger partial charge on any atom is 0.240 e. The van der Waals surface area contributed by atoms with Crippen LogP contribution in [0.1, 0.15) is 18.7 Å². The molecule has 6 rings (SSSR count). The summed E-state index contributed by atoms with van der Waals surface area (Å²) in [4.78, 5) is 27.6. The summed E-state index contributed by atoms with van der Waals surface area (Å²) < 4.78 is 37.1. The zero-order valence-corrected chi connectivity index (χ0v) is 19.4. The lowest BCUT2D eigenvalue weighted by atomic mass is 10.2. The molecule has 0 bridgehead atoms. The number of ether oxygens (including phenoxy) is 1. The number of rotatable bonds is 4. The quantitative estimate of drug-likeness (QED) is 0.465. The number of carbonyl (C=O) groups excluding carboxylic acids is 1. The molecule has 1 aromatic carbocycles. The predicted molar refractivity (Wildman–Crippen MR) is 126 cm³/mol. The van der Waals surface area contributed by atoms with Crippen LogP contribution in [-0.4, -0.2) is 54.4 Å². The van der Waals surface area contributed by atoms with Gasteiger partial charge in [0.05, 0.1) is 17.8 Å². The Morgan fingerprint density at radius 2 is 1.92 bits per heavy atom. The third kappa shape index (κ3) is 3.74. The number of nitrogens with two attached hydrogens (primary N) is 1. The standard InChI is InChI=1S/C24H22F2N8O2/c1-13-29-24(34(31-13)16-8-14(25)7-15(26)9-16)18-12-32-5-6-36-20-10-21(28-11-17(20)23(32)30-18)33-4-2-3-19(33)22(27)35/h7-12,19H,2-6H2,1H3,(H2,27,35)/t19-/m0/s1. The van der Waals surface area contributed by atoms with Gasteiger partial charge in [0.15, 0.2) is 5.82 Å². The molecule has 1 amide bonds. The molecular weight excluding hydrogens is 470 g/mol. The molecule has 12 heteroatoms. The van der Waals surface area contributed by atoms with Crippen LogP contribution in [0.3, 0.4) is 0 Å². The summed E-state index contributed by atoms with van der Waals surface area (Å²) in [6.07, 6.45) is 5.03.